The molecule has 0 aliphatic rings. The average Bonchev–Trinajstić information content (AvgIpc) is 3.02. The number of hydrogen-bond acceptors (Lipinski definition) is 3. The summed E-state index contributed by atoms with van der Waals surface area (Å²) in [6.07, 6.45) is -4.38. The fourth-order valence-corrected chi connectivity index (χ4v) is 3.08. The number of carbonyl (C=O) groups is 1. The van der Waals surface area contributed by atoms with Crippen LogP contribution in [-0.2, 0) is 24.1 Å². The first-order valence-corrected chi connectivity index (χ1v) is 9.18. The third-order valence-electron chi connectivity index (χ3n) is 4.45. The van der Waals surface area contributed by atoms with E-state index in [1.807, 2.05) is 31.2 Å². The summed E-state index contributed by atoms with van der Waals surface area (Å²) in [7, 11) is 1.59. The van der Waals surface area contributed by atoms with Crippen LogP contribution >= 0.6 is 12.2 Å². The summed E-state index contributed by atoms with van der Waals surface area (Å²) in [5, 5.41) is 6.93. The number of likely N-dealkylation sites (N-methyl/N-ethyl adjacent to an activating group) is 1. The lowest BCUT2D eigenvalue weighted by atomic mass is 10.1. The van der Waals surface area contributed by atoms with Gasteiger partial charge in [-0.05, 0) is 42.9 Å². The average molecular weight is 420 g/mol. The number of aryl methyl sites for hydroxylation is 1. The lowest BCUT2D eigenvalue weighted by Crippen LogP contribution is -2.30. The van der Waals surface area contributed by atoms with Crippen molar-refractivity contribution in [2.45, 2.75) is 26.2 Å². The Bertz CT molecular complexity index is 1070. The van der Waals surface area contributed by atoms with Gasteiger partial charge in [0, 0.05) is 19.2 Å². The summed E-state index contributed by atoms with van der Waals surface area (Å²) in [4.78, 5) is 14.1. The molecule has 0 unspecified atom stereocenters. The minimum Gasteiger partial charge on any atom is -0.340 e. The summed E-state index contributed by atoms with van der Waals surface area (Å²) >= 11 is 5.26. The third-order valence-corrected chi connectivity index (χ3v) is 4.77. The van der Waals surface area contributed by atoms with Gasteiger partial charge in [0.15, 0.2) is 10.6 Å². The van der Waals surface area contributed by atoms with E-state index < -0.39 is 11.7 Å². The zero-order valence-corrected chi connectivity index (χ0v) is 16.6. The highest BCUT2D eigenvalue weighted by Crippen LogP contribution is 2.29. The van der Waals surface area contributed by atoms with Crippen LogP contribution in [0.3, 0.4) is 0 Å². The summed E-state index contributed by atoms with van der Waals surface area (Å²) in [6.45, 7) is 2.11. The van der Waals surface area contributed by atoms with E-state index in [2.05, 4.69) is 10.2 Å². The number of hydrogen-bond donors (Lipinski definition) is 1. The molecule has 1 amide bonds. The van der Waals surface area contributed by atoms with Gasteiger partial charge in [0.25, 0.3) is 0 Å². The van der Waals surface area contributed by atoms with Gasteiger partial charge < -0.3 is 4.90 Å². The first kappa shape index (κ1) is 20.8. The maximum Gasteiger partial charge on any atom is 0.416 e. The molecule has 9 heteroatoms. The molecule has 0 fully saturated rings. The van der Waals surface area contributed by atoms with Crippen LogP contribution in [0, 0.1) is 11.7 Å². The lowest BCUT2D eigenvalue weighted by Gasteiger charge is -2.18. The van der Waals surface area contributed by atoms with Crippen molar-refractivity contribution in [2.75, 3.05) is 7.05 Å². The monoisotopic (exact) mass is 420 g/mol. The fraction of sp³-hybridized carbons (Fsp3) is 0.250. The Kier molecular flexibility index (Phi) is 5.88. The van der Waals surface area contributed by atoms with Crippen LogP contribution in [0.15, 0.2) is 48.5 Å². The molecule has 0 spiro atoms. The second-order valence-electron chi connectivity index (χ2n) is 6.75. The Hall–Kier alpha value is -2.94. The molecule has 0 aliphatic heterocycles. The van der Waals surface area contributed by atoms with Gasteiger partial charge in [0.05, 0.1) is 5.56 Å². The Balaban J connectivity index is 1.74. The molecule has 29 heavy (non-hydrogen) atoms. The second kappa shape index (κ2) is 8.20. The van der Waals surface area contributed by atoms with E-state index in [0.717, 1.165) is 23.3 Å². The molecule has 0 aliphatic carbocycles. The zero-order valence-electron chi connectivity index (χ0n) is 15.8. The largest absolute Gasteiger partial charge is 0.416 e. The molecule has 2 aromatic carbocycles. The van der Waals surface area contributed by atoms with Gasteiger partial charge in [-0.25, -0.2) is 0 Å². The smallest absolute Gasteiger partial charge is 0.340 e. The molecule has 152 valence electrons. The van der Waals surface area contributed by atoms with Crippen molar-refractivity contribution in [3.05, 3.63) is 70.0 Å². The molecule has 0 radical (unpaired) electrons. The molecule has 0 saturated heterocycles. The van der Waals surface area contributed by atoms with Crippen molar-refractivity contribution in [1.82, 2.24) is 19.7 Å². The third kappa shape index (κ3) is 4.92. The summed E-state index contributed by atoms with van der Waals surface area (Å²) in [6, 6.07) is 12.4. The number of rotatable bonds is 5. The number of carbonyl (C=O) groups excluding carboxylic acids is 1. The normalized spacial score (nSPS) is 11.5. The molecule has 1 heterocycles. The minimum absolute atomic E-state index is 0.0320. The number of aromatic amines is 1. The molecule has 0 saturated carbocycles. The first-order chi connectivity index (χ1) is 13.6. The molecule has 3 aromatic rings. The fourth-order valence-electron chi connectivity index (χ4n) is 2.89. The SMILES string of the molecule is Cc1cccc(-c2n[nH]c(=S)n2CC(=O)N(C)Cc2ccc(C(F)(F)F)cc2)c1. The number of halogens is 3. The van der Waals surface area contributed by atoms with Crippen molar-refractivity contribution in [3.63, 3.8) is 0 Å². The van der Waals surface area contributed by atoms with Crippen molar-refractivity contribution >= 4 is 18.1 Å². The van der Waals surface area contributed by atoms with Crippen LogP contribution < -0.4 is 0 Å². The van der Waals surface area contributed by atoms with Crippen molar-refractivity contribution in [3.8, 4) is 11.4 Å². The van der Waals surface area contributed by atoms with Crippen LogP contribution in [0.25, 0.3) is 11.4 Å². The summed E-state index contributed by atoms with van der Waals surface area (Å²) in [5.41, 5.74) is 1.76. The standard InChI is InChI=1S/C20H19F3N4OS/c1-13-4-3-5-15(10-13)18-24-25-19(29)27(18)12-17(28)26(2)11-14-6-8-16(9-7-14)20(21,22)23/h3-10H,11-12H2,1-2H3,(H,25,29). The van der Waals surface area contributed by atoms with Gasteiger partial charge in [-0.15, -0.1) is 0 Å². The van der Waals surface area contributed by atoms with Crippen molar-refractivity contribution in [1.29, 1.82) is 0 Å². The van der Waals surface area contributed by atoms with E-state index in [4.69, 9.17) is 12.2 Å². The van der Waals surface area contributed by atoms with E-state index >= 15 is 0 Å². The molecule has 0 bridgehead atoms. The quantitative estimate of drug-likeness (QED) is 0.614. The highest BCUT2D eigenvalue weighted by molar-refractivity contribution is 7.71. The number of nitrogens with zero attached hydrogens (tertiary/aromatic N) is 3. The molecule has 1 aromatic heterocycles. The van der Waals surface area contributed by atoms with Crippen LogP contribution in [0.2, 0.25) is 0 Å². The zero-order chi connectivity index (χ0) is 21.2. The van der Waals surface area contributed by atoms with Gasteiger partial charge >= 0.3 is 6.18 Å². The number of aromatic nitrogens is 3. The first-order valence-electron chi connectivity index (χ1n) is 8.77. The van der Waals surface area contributed by atoms with Crippen molar-refractivity contribution < 1.29 is 18.0 Å². The second-order valence-corrected chi connectivity index (χ2v) is 7.14. The molecule has 1 N–H and O–H groups in total. The van der Waals surface area contributed by atoms with E-state index in [1.165, 1.54) is 17.0 Å². The topological polar surface area (TPSA) is 53.9 Å². The maximum atomic E-state index is 12.7. The molecular weight excluding hydrogens is 401 g/mol. The number of alkyl halides is 3. The highest BCUT2D eigenvalue weighted by atomic mass is 32.1. The number of benzene rings is 2. The molecule has 0 atom stereocenters. The van der Waals surface area contributed by atoms with Gasteiger partial charge in [-0.2, -0.15) is 18.3 Å². The van der Waals surface area contributed by atoms with E-state index in [-0.39, 0.29) is 19.0 Å². The summed E-state index contributed by atoms with van der Waals surface area (Å²) < 4.78 is 40.0. The molecular formula is C20H19F3N4OS. The van der Waals surface area contributed by atoms with Crippen LogP contribution in [0.5, 0.6) is 0 Å². The number of nitrogens with one attached hydrogen (secondary N) is 1. The number of H-pyrrole nitrogens is 1. The van der Waals surface area contributed by atoms with Crippen molar-refractivity contribution in [2.24, 2.45) is 0 Å². The van der Waals surface area contributed by atoms with Gasteiger partial charge in [-0.1, -0.05) is 35.9 Å². The van der Waals surface area contributed by atoms with Gasteiger partial charge in [-0.3, -0.25) is 14.5 Å². The van der Waals surface area contributed by atoms with Crippen LogP contribution in [-0.4, -0.2) is 32.6 Å². The van der Waals surface area contributed by atoms with E-state index in [0.29, 0.717) is 16.2 Å². The number of amides is 1. The predicted octanol–water partition coefficient (Wildman–Crippen LogP) is 4.59. The lowest BCUT2D eigenvalue weighted by molar-refractivity contribution is -0.137. The Morgan fingerprint density at radius 1 is 1.21 bits per heavy atom. The van der Waals surface area contributed by atoms with Crippen LogP contribution in [0.4, 0.5) is 13.2 Å². The molecule has 5 nitrogen and oxygen atoms in total. The Morgan fingerprint density at radius 2 is 1.90 bits per heavy atom. The maximum absolute atomic E-state index is 12.7. The van der Waals surface area contributed by atoms with Crippen LogP contribution in [0.1, 0.15) is 16.7 Å². The summed E-state index contributed by atoms with van der Waals surface area (Å²) in [5.74, 6) is 0.311. The minimum atomic E-state index is -4.38. The van der Waals surface area contributed by atoms with Gasteiger partial charge in [0.1, 0.15) is 6.54 Å². The highest BCUT2D eigenvalue weighted by Gasteiger charge is 2.30. The van der Waals surface area contributed by atoms with E-state index in [1.54, 1.807) is 11.6 Å². The predicted molar refractivity (Wildman–Crippen MR) is 106 cm³/mol. The van der Waals surface area contributed by atoms with Gasteiger partial charge in [0.2, 0.25) is 5.91 Å². The van der Waals surface area contributed by atoms with E-state index in [9.17, 15) is 18.0 Å². The Labute approximate surface area is 170 Å². The molecule has 3 rings (SSSR count). The Morgan fingerprint density at radius 3 is 2.52 bits per heavy atom.